The van der Waals surface area contributed by atoms with Crippen LogP contribution in [0.1, 0.15) is 16.1 Å². The molecule has 11 heteroatoms. The molecule has 0 aliphatic carbocycles. The number of hydrogen-bond acceptors (Lipinski definition) is 6. The quantitative estimate of drug-likeness (QED) is 0.730. The lowest BCUT2D eigenvalue weighted by Crippen LogP contribution is -2.52. The average Bonchev–Trinajstić information content (AvgIpc) is 3.01. The Morgan fingerprint density at radius 1 is 1.31 bits per heavy atom. The predicted molar refractivity (Wildman–Crippen MR) is 111 cm³/mol. The van der Waals surface area contributed by atoms with Crippen molar-refractivity contribution in [2.24, 2.45) is 10.7 Å². The third kappa shape index (κ3) is 3.79. The molecule has 0 spiro atoms. The topological polar surface area (TPSA) is 89.6 Å². The number of amidine groups is 1. The normalized spacial score (nSPS) is 25.6. The van der Waals surface area contributed by atoms with Crippen LogP contribution in [0.25, 0.3) is 0 Å². The van der Waals surface area contributed by atoms with E-state index in [0.717, 1.165) is 17.8 Å². The van der Waals surface area contributed by atoms with Gasteiger partial charge in [-0.1, -0.05) is 23.4 Å². The molecule has 2 atom stereocenters. The second-order valence-corrected chi connectivity index (χ2v) is 8.00. The first-order valence-corrected chi connectivity index (χ1v) is 9.67. The van der Waals surface area contributed by atoms with Crippen molar-refractivity contribution in [2.75, 3.05) is 24.3 Å². The van der Waals surface area contributed by atoms with Crippen molar-refractivity contribution < 1.29 is 18.3 Å². The van der Waals surface area contributed by atoms with E-state index in [1.54, 1.807) is 0 Å². The molecular weight excluding hydrogens is 445 g/mol. The summed E-state index contributed by atoms with van der Waals surface area (Å²) in [6, 6.07) is 6.88. The molecule has 3 N–H and O–H groups in total. The molecule has 2 aliphatic heterocycles. The highest BCUT2D eigenvalue weighted by atomic mass is 35.5. The van der Waals surface area contributed by atoms with E-state index in [1.165, 1.54) is 30.5 Å². The van der Waals surface area contributed by atoms with Crippen LogP contribution in [-0.2, 0) is 10.3 Å². The van der Waals surface area contributed by atoms with Gasteiger partial charge in [-0.25, -0.2) is 18.8 Å². The fourth-order valence-electron chi connectivity index (χ4n) is 3.32. The van der Waals surface area contributed by atoms with Crippen LogP contribution in [-0.4, -0.2) is 40.7 Å². The first-order chi connectivity index (χ1) is 13.3. The average molecular weight is 461 g/mol. The highest BCUT2D eigenvalue weighted by Crippen LogP contribution is 2.50. The van der Waals surface area contributed by atoms with Crippen LogP contribution < -0.4 is 11.1 Å². The van der Waals surface area contributed by atoms with E-state index in [-0.39, 0.29) is 53.5 Å². The third-order valence-corrected chi connectivity index (χ3v) is 5.98. The van der Waals surface area contributed by atoms with Crippen molar-refractivity contribution in [3.05, 3.63) is 58.6 Å². The standard InChI is InChI=1S/C18H15ClF2N4O2S.ClH/c19-10-1-4-14(23-6-10)15(26)24-11-2-3-13(20)12(5-11)18-8-27-7-17(18,21)9-28-16(22)25-18;/h1-6H,7-9H2,(H2,22,25)(H,24,26);1H/t17-,18-;/m1./s1. The number of carbonyl (C=O) groups excluding carboxylic acids is 1. The SMILES string of the molecule is Cl.NC1=N[C@@]2(c3cc(NC(=O)c4ccc(Cl)cn4)ccc3F)COC[C@@]2(F)CS1. The molecule has 1 aromatic heterocycles. The molecule has 1 aromatic carbocycles. The van der Waals surface area contributed by atoms with Gasteiger partial charge in [0.25, 0.3) is 5.91 Å². The lowest BCUT2D eigenvalue weighted by molar-refractivity contribution is 0.102. The number of anilines is 1. The van der Waals surface area contributed by atoms with E-state index in [0.29, 0.717) is 5.02 Å². The van der Waals surface area contributed by atoms with Crippen LogP contribution in [0.2, 0.25) is 5.02 Å². The number of thioether (sulfide) groups is 1. The van der Waals surface area contributed by atoms with Gasteiger partial charge >= 0.3 is 0 Å². The second kappa shape index (κ2) is 8.06. The number of benzene rings is 1. The molecule has 0 radical (unpaired) electrons. The lowest BCUT2D eigenvalue weighted by atomic mass is 9.79. The molecule has 1 fully saturated rings. The number of ether oxygens (including phenoxy) is 1. The molecule has 0 bridgehead atoms. The summed E-state index contributed by atoms with van der Waals surface area (Å²) in [5, 5.41) is 3.18. The van der Waals surface area contributed by atoms with E-state index in [1.807, 2.05) is 0 Å². The van der Waals surface area contributed by atoms with Gasteiger partial charge in [0, 0.05) is 23.2 Å². The van der Waals surface area contributed by atoms with Gasteiger partial charge in [0.05, 0.1) is 18.2 Å². The number of aliphatic imine (C=N–C) groups is 1. The van der Waals surface area contributed by atoms with Gasteiger partial charge in [-0.3, -0.25) is 4.79 Å². The molecule has 154 valence electrons. The third-order valence-electron chi connectivity index (χ3n) is 4.76. The number of rotatable bonds is 3. The lowest BCUT2D eigenvalue weighted by Gasteiger charge is -2.38. The van der Waals surface area contributed by atoms with Crippen molar-refractivity contribution >= 4 is 52.5 Å². The summed E-state index contributed by atoms with van der Waals surface area (Å²) in [4.78, 5) is 20.6. The van der Waals surface area contributed by atoms with Crippen LogP contribution in [0.3, 0.4) is 0 Å². The molecule has 0 unspecified atom stereocenters. The van der Waals surface area contributed by atoms with Crippen LogP contribution >= 0.6 is 35.8 Å². The second-order valence-electron chi connectivity index (χ2n) is 6.57. The maximum absolute atomic E-state index is 15.6. The minimum absolute atomic E-state index is 0. The molecule has 1 saturated heterocycles. The Balaban J connectivity index is 0.00000240. The van der Waals surface area contributed by atoms with E-state index in [9.17, 15) is 9.18 Å². The number of amides is 1. The van der Waals surface area contributed by atoms with Gasteiger partial charge in [0.2, 0.25) is 0 Å². The Labute approximate surface area is 180 Å². The van der Waals surface area contributed by atoms with Gasteiger partial charge in [-0.2, -0.15) is 0 Å². The maximum atomic E-state index is 15.6. The Kier molecular flexibility index (Phi) is 6.05. The minimum atomic E-state index is -1.90. The highest BCUT2D eigenvalue weighted by Gasteiger charge is 2.61. The summed E-state index contributed by atoms with van der Waals surface area (Å²) in [5.74, 6) is -1.16. The molecular formula is C18H16Cl2F2N4O2S. The highest BCUT2D eigenvalue weighted by molar-refractivity contribution is 8.13. The fourth-order valence-corrected chi connectivity index (χ4v) is 4.35. The van der Waals surface area contributed by atoms with Gasteiger partial charge in [-0.15, -0.1) is 12.4 Å². The summed E-state index contributed by atoms with van der Waals surface area (Å²) >= 11 is 6.84. The monoisotopic (exact) mass is 460 g/mol. The summed E-state index contributed by atoms with van der Waals surface area (Å²) in [7, 11) is 0. The van der Waals surface area contributed by atoms with Crippen LogP contribution in [0.4, 0.5) is 14.5 Å². The minimum Gasteiger partial charge on any atom is -0.379 e. The summed E-state index contributed by atoms with van der Waals surface area (Å²) < 4.78 is 35.6. The van der Waals surface area contributed by atoms with E-state index in [2.05, 4.69) is 15.3 Å². The first kappa shape index (κ1) is 21.8. The zero-order valence-corrected chi connectivity index (χ0v) is 17.2. The van der Waals surface area contributed by atoms with Gasteiger partial charge in [0.15, 0.2) is 16.4 Å². The Morgan fingerprint density at radius 3 is 2.83 bits per heavy atom. The number of carbonyl (C=O) groups is 1. The fraction of sp³-hybridized carbons (Fsp3) is 0.278. The van der Waals surface area contributed by atoms with E-state index < -0.39 is 22.9 Å². The molecule has 2 aromatic rings. The molecule has 4 rings (SSSR count). The number of fused-ring (bicyclic) bond motifs is 1. The van der Waals surface area contributed by atoms with Gasteiger partial charge < -0.3 is 15.8 Å². The molecule has 0 saturated carbocycles. The molecule has 1 amide bonds. The maximum Gasteiger partial charge on any atom is 0.274 e. The van der Waals surface area contributed by atoms with Crippen molar-refractivity contribution in [3.63, 3.8) is 0 Å². The molecule has 29 heavy (non-hydrogen) atoms. The number of nitrogens with one attached hydrogen (secondary N) is 1. The Morgan fingerprint density at radius 2 is 2.10 bits per heavy atom. The van der Waals surface area contributed by atoms with E-state index >= 15 is 4.39 Å². The van der Waals surface area contributed by atoms with E-state index in [4.69, 9.17) is 22.1 Å². The molecule has 3 heterocycles. The number of alkyl halides is 1. The summed E-state index contributed by atoms with van der Waals surface area (Å²) in [6.07, 6.45) is 1.34. The largest absolute Gasteiger partial charge is 0.379 e. The number of nitrogens with two attached hydrogens (primary N) is 1. The zero-order valence-electron chi connectivity index (χ0n) is 14.8. The number of halogens is 4. The van der Waals surface area contributed by atoms with Crippen molar-refractivity contribution in [1.29, 1.82) is 0 Å². The Hall–Kier alpha value is -1.94. The first-order valence-electron chi connectivity index (χ1n) is 8.31. The van der Waals surface area contributed by atoms with Gasteiger partial charge in [0.1, 0.15) is 11.5 Å². The number of hydrogen-bond donors (Lipinski definition) is 2. The smallest absolute Gasteiger partial charge is 0.274 e. The number of nitrogens with zero attached hydrogens (tertiary/aromatic N) is 2. The van der Waals surface area contributed by atoms with Crippen molar-refractivity contribution in [1.82, 2.24) is 4.98 Å². The number of aromatic nitrogens is 1. The van der Waals surface area contributed by atoms with Crippen LogP contribution in [0.5, 0.6) is 0 Å². The Bertz CT molecular complexity index is 979. The van der Waals surface area contributed by atoms with Crippen LogP contribution in [0.15, 0.2) is 41.5 Å². The summed E-state index contributed by atoms with van der Waals surface area (Å²) in [5.41, 5.74) is 2.71. The van der Waals surface area contributed by atoms with Crippen LogP contribution in [0, 0.1) is 5.82 Å². The van der Waals surface area contributed by atoms with Crippen molar-refractivity contribution in [2.45, 2.75) is 11.2 Å². The number of pyridine rings is 1. The zero-order chi connectivity index (χ0) is 19.9. The van der Waals surface area contributed by atoms with Crippen molar-refractivity contribution in [3.8, 4) is 0 Å². The van der Waals surface area contributed by atoms with Gasteiger partial charge in [-0.05, 0) is 30.3 Å². The summed E-state index contributed by atoms with van der Waals surface area (Å²) in [6.45, 7) is -0.348. The predicted octanol–water partition coefficient (Wildman–Crippen LogP) is 3.54. The molecule has 2 aliphatic rings. The molecule has 6 nitrogen and oxygen atoms in total.